The van der Waals surface area contributed by atoms with E-state index in [1.54, 1.807) is 8.61 Å². The van der Waals surface area contributed by atoms with E-state index in [0.29, 0.717) is 45.6 Å². The number of aromatic nitrogens is 1. The summed E-state index contributed by atoms with van der Waals surface area (Å²) in [6.07, 6.45) is 4.27. The summed E-state index contributed by atoms with van der Waals surface area (Å²) in [6.45, 7) is 3.06. The molecule has 4 heterocycles. The minimum absolute atomic E-state index is 0.371. The first-order valence-corrected chi connectivity index (χ1v) is 11.0. The van der Waals surface area contributed by atoms with Gasteiger partial charge in [-0.05, 0) is 43.7 Å². The van der Waals surface area contributed by atoms with E-state index in [0.717, 1.165) is 24.8 Å². The smallest absolute Gasteiger partial charge is 0.281 e. The number of hydrogen-bond acceptors (Lipinski definition) is 3. The van der Waals surface area contributed by atoms with E-state index in [9.17, 15) is 8.42 Å². The molecule has 1 aromatic heterocycles. The maximum Gasteiger partial charge on any atom is 0.281 e. The molecule has 3 aliphatic rings. The summed E-state index contributed by atoms with van der Waals surface area (Å²) in [5, 5.41) is 1.28. The van der Waals surface area contributed by atoms with Gasteiger partial charge < -0.3 is 9.72 Å². The van der Waals surface area contributed by atoms with Gasteiger partial charge in [0.25, 0.3) is 10.2 Å². The number of piperidine rings is 1. The van der Waals surface area contributed by atoms with Crippen molar-refractivity contribution in [2.24, 2.45) is 0 Å². The van der Waals surface area contributed by atoms with E-state index in [4.69, 9.17) is 4.74 Å². The van der Waals surface area contributed by atoms with Crippen LogP contribution in [-0.4, -0.2) is 54.8 Å². The SMILES string of the molecule is O=S(=O)(N1CCCC1)N1CCC2(CC1)OCCc1c2[nH]c2ccccc12. The summed E-state index contributed by atoms with van der Waals surface area (Å²) in [7, 11) is -3.32. The fraction of sp³-hybridized carbons (Fsp3) is 0.579. The van der Waals surface area contributed by atoms with E-state index in [-0.39, 0.29) is 5.60 Å². The monoisotopic (exact) mass is 375 g/mol. The van der Waals surface area contributed by atoms with E-state index in [1.165, 1.54) is 16.6 Å². The van der Waals surface area contributed by atoms with Crippen molar-refractivity contribution in [2.75, 3.05) is 32.8 Å². The molecule has 3 aliphatic heterocycles. The summed E-state index contributed by atoms with van der Waals surface area (Å²) in [5.41, 5.74) is 3.30. The molecule has 1 spiro atoms. The molecule has 2 fully saturated rings. The Morgan fingerprint density at radius 2 is 1.69 bits per heavy atom. The lowest BCUT2D eigenvalue weighted by molar-refractivity contribution is -0.0918. The van der Waals surface area contributed by atoms with E-state index in [2.05, 4.69) is 23.2 Å². The standard InChI is InChI=1S/C19H25N3O3S/c23-26(24,21-10-3-4-11-21)22-12-8-19(9-13-22)18-16(7-14-25-19)15-5-1-2-6-17(15)20-18/h1-2,5-6,20H,3-4,7-14H2. The first kappa shape index (κ1) is 16.7. The molecular weight excluding hydrogens is 350 g/mol. The van der Waals surface area contributed by atoms with Gasteiger partial charge in [0.15, 0.2) is 0 Å². The normalized spacial score (nSPS) is 24.3. The van der Waals surface area contributed by atoms with Gasteiger partial charge in [-0.3, -0.25) is 0 Å². The third-order valence-corrected chi connectivity index (χ3v) is 8.28. The molecule has 7 heteroatoms. The van der Waals surface area contributed by atoms with E-state index in [1.807, 2.05) is 6.07 Å². The third kappa shape index (κ3) is 2.45. The lowest BCUT2D eigenvalue weighted by Crippen LogP contribution is -2.51. The molecule has 0 radical (unpaired) electrons. The number of fused-ring (bicyclic) bond motifs is 4. The molecule has 5 rings (SSSR count). The van der Waals surface area contributed by atoms with E-state index >= 15 is 0 Å². The van der Waals surface area contributed by atoms with Crippen molar-refractivity contribution in [2.45, 2.75) is 37.7 Å². The number of nitrogens with zero attached hydrogens (tertiary/aromatic N) is 2. The van der Waals surface area contributed by atoms with Crippen LogP contribution in [0.2, 0.25) is 0 Å². The molecule has 0 saturated carbocycles. The Morgan fingerprint density at radius 1 is 1.00 bits per heavy atom. The molecule has 2 saturated heterocycles. The number of aromatic amines is 1. The van der Waals surface area contributed by atoms with Gasteiger partial charge in [-0.2, -0.15) is 17.0 Å². The Balaban J connectivity index is 1.43. The second-order valence-corrected chi connectivity index (χ2v) is 9.56. The Hall–Kier alpha value is -1.41. The van der Waals surface area contributed by atoms with Crippen LogP contribution in [0.25, 0.3) is 10.9 Å². The van der Waals surface area contributed by atoms with Crippen LogP contribution in [0, 0.1) is 0 Å². The predicted octanol–water partition coefficient (Wildman–Crippen LogP) is 2.37. The molecule has 2 aromatic rings. The number of ether oxygens (including phenoxy) is 1. The van der Waals surface area contributed by atoms with Crippen molar-refractivity contribution in [1.82, 2.24) is 13.6 Å². The highest BCUT2D eigenvalue weighted by atomic mass is 32.2. The minimum Gasteiger partial charge on any atom is -0.368 e. The van der Waals surface area contributed by atoms with Crippen LogP contribution in [0.4, 0.5) is 0 Å². The summed E-state index contributed by atoms with van der Waals surface area (Å²) < 4.78 is 35.3. The third-order valence-electron chi connectivity index (χ3n) is 6.25. The zero-order valence-corrected chi connectivity index (χ0v) is 15.7. The molecular formula is C19H25N3O3S. The van der Waals surface area contributed by atoms with Gasteiger partial charge in [-0.25, -0.2) is 0 Å². The molecule has 0 atom stereocenters. The van der Waals surface area contributed by atoms with Crippen LogP contribution in [0.5, 0.6) is 0 Å². The second kappa shape index (κ2) is 6.05. The van der Waals surface area contributed by atoms with Crippen LogP contribution in [0.3, 0.4) is 0 Å². The molecule has 0 amide bonds. The van der Waals surface area contributed by atoms with Gasteiger partial charge in [-0.15, -0.1) is 0 Å². The summed E-state index contributed by atoms with van der Waals surface area (Å²) in [6, 6.07) is 8.39. The predicted molar refractivity (Wildman–Crippen MR) is 100 cm³/mol. The second-order valence-electron chi connectivity index (χ2n) is 7.63. The maximum atomic E-state index is 12.8. The van der Waals surface area contributed by atoms with Gasteiger partial charge in [0.2, 0.25) is 0 Å². The highest BCUT2D eigenvalue weighted by Gasteiger charge is 2.45. The molecule has 0 unspecified atom stereocenters. The zero-order valence-electron chi connectivity index (χ0n) is 14.9. The van der Waals surface area contributed by atoms with Crippen molar-refractivity contribution in [1.29, 1.82) is 0 Å². The van der Waals surface area contributed by atoms with Crippen molar-refractivity contribution in [3.8, 4) is 0 Å². The van der Waals surface area contributed by atoms with Gasteiger partial charge in [0, 0.05) is 37.1 Å². The number of H-pyrrole nitrogens is 1. The van der Waals surface area contributed by atoms with Crippen molar-refractivity contribution >= 4 is 21.1 Å². The number of benzene rings is 1. The number of para-hydroxylation sites is 1. The molecule has 140 valence electrons. The van der Waals surface area contributed by atoms with E-state index < -0.39 is 10.2 Å². The molecule has 1 N–H and O–H groups in total. The van der Waals surface area contributed by atoms with Crippen LogP contribution in [-0.2, 0) is 27.0 Å². The van der Waals surface area contributed by atoms with Gasteiger partial charge in [0.1, 0.15) is 5.60 Å². The fourth-order valence-corrected chi connectivity index (χ4v) is 6.51. The molecule has 6 nitrogen and oxygen atoms in total. The highest BCUT2D eigenvalue weighted by Crippen LogP contribution is 2.44. The average Bonchev–Trinajstić information content (AvgIpc) is 3.32. The number of nitrogens with one attached hydrogen (secondary N) is 1. The van der Waals surface area contributed by atoms with Gasteiger partial charge in [0.05, 0.1) is 12.3 Å². The first-order chi connectivity index (χ1) is 12.6. The van der Waals surface area contributed by atoms with Crippen molar-refractivity contribution in [3.05, 3.63) is 35.5 Å². The Kier molecular flexibility index (Phi) is 3.90. The molecule has 0 aliphatic carbocycles. The lowest BCUT2D eigenvalue weighted by atomic mass is 9.84. The van der Waals surface area contributed by atoms with Crippen molar-refractivity contribution in [3.63, 3.8) is 0 Å². The Bertz CT molecular complexity index is 923. The van der Waals surface area contributed by atoms with Crippen LogP contribution in [0.1, 0.15) is 36.9 Å². The largest absolute Gasteiger partial charge is 0.368 e. The maximum absolute atomic E-state index is 12.8. The summed E-state index contributed by atoms with van der Waals surface area (Å²) in [5.74, 6) is 0. The fourth-order valence-electron chi connectivity index (χ4n) is 4.82. The summed E-state index contributed by atoms with van der Waals surface area (Å²) >= 11 is 0. The van der Waals surface area contributed by atoms with Gasteiger partial charge in [-0.1, -0.05) is 18.2 Å². The lowest BCUT2D eigenvalue weighted by Gasteiger charge is -2.43. The van der Waals surface area contributed by atoms with Crippen LogP contribution < -0.4 is 0 Å². The van der Waals surface area contributed by atoms with Gasteiger partial charge >= 0.3 is 0 Å². The molecule has 26 heavy (non-hydrogen) atoms. The van der Waals surface area contributed by atoms with Crippen LogP contribution in [0.15, 0.2) is 24.3 Å². The molecule has 0 bridgehead atoms. The minimum atomic E-state index is -3.32. The first-order valence-electron chi connectivity index (χ1n) is 9.59. The topological polar surface area (TPSA) is 65.6 Å². The summed E-state index contributed by atoms with van der Waals surface area (Å²) in [4.78, 5) is 3.58. The Morgan fingerprint density at radius 3 is 2.46 bits per heavy atom. The van der Waals surface area contributed by atoms with Crippen LogP contribution >= 0.6 is 0 Å². The zero-order chi connectivity index (χ0) is 17.8. The van der Waals surface area contributed by atoms with Crippen molar-refractivity contribution < 1.29 is 13.2 Å². The highest BCUT2D eigenvalue weighted by molar-refractivity contribution is 7.86. The molecule has 1 aromatic carbocycles. The quantitative estimate of drug-likeness (QED) is 0.876. The average molecular weight is 375 g/mol. The Labute approximate surface area is 154 Å². The number of rotatable bonds is 2. The number of hydrogen-bond donors (Lipinski definition) is 1.